The summed E-state index contributed by atoms with van der Waals surface area (Å²) >= 11 is 0. The van der Waals surface area contributed by atoms with E-state index in [0.29, 0.717) is 18.1 Å². The Hall–Kier alpha value is -3.23. The number of likely N-dealkylation sites (tertiary alicyclic amines) is 1. The van der Waals surface area contributed by atoms with Crippen LogP contribution in [-0.2, 0) is 30.4 Å². The summed E-state index contributed by atoms with van der Waals surface area (Å²) in [4.78, 5) is 36.0. The van der Waals surface area contributed by atoms with E-state index in [2.05, 4.69) is 26.9 Å². The maximum absolute atomic E-state index is 10.6. The molecule has 0 spiro atoms. The minimum Gasteiger partial charge on any atom is -0.475 e. The molecule has 4 heterocycles. The topological polar surface area (TPSA) is 150 Å². The first kappa shape index (κ1) is 39.8. The van der Waals surface area contributed by atoms with Gasteiger partial charge in [-0.3, -0.25) is 14.8 Å². The van der Waals surface area contributed by atoms with E-state index in [-0.39, 0.29) is 0 Å². The van der Waals surface area contributed by atoms with Crippen LogP contribution in [0.1, 0.15) is 24.8 Å². The van der Waals surface area contributed by atoms with Gasteiger partial charge in [0.1, 0.15) is 0 Å². The van der Waals surface area contributed by atoms with E-state index in [0.717, 1.165) is 46.0 Å². The van der Waals surface area contributed by atoms with Crippen LogP contribution < -0.4 is 0 Å². The SMILES string of the molecule is O=C(O)C(F)(F)F.O=C(O)C(F)(F)F.O=C(O)C(F)(F)F.c1cc(CN2CCO[C@@H]3CN(C4CCOCC4)CC[C@@H]3C2)ccn1. The third-order valence-corrected chi connectivity index (χ3v) is 6.55. The van der Waals surface area contributed by atoms with Crippen LogP contribution >= 0.6 is 0 Å². The lowest BCUT2D eigenvalue weighted by Gasteiger charge is -2.43. The quantitative estimate of drug-likeness (QED) is 0.404. The highest BCUT2D eigenvalue weighted by Crippen LogP contribution is 2.28. The maximum atomic E-state index is 10.6. The summed E-state index contributed by atoms with van der Waals surface area (Å²) in [7, 11) is 0. The molecule has 258 valence electrons. The van der Waals surface area contributed by atoms with Crippen LogP contribution in [0.2, 0.25) is 0 Å². The Morgan fingerprint density at radius 1 is 0.756 bits per heavy atom. The molecule has 3 saturated heterocycles. The highest BCUT2D eigenvalue weighted by molar-refractivity contribution is 5.73. The second kappa shape index (κ2) is 18.1. The monoisotopic (exact) mass is 673 g/mol. The molecule has 0 amide bonds. The number of rotatable bonds is 3. The Kier molecular flexibility index (Phi) is 16.0. The van der Waals surface area contributed by atoms with Crippen LogP contribution in [-0.4, -0.2) is 125 Å². The first-order chi connectivity index (χ1) is 20.7. The summed E-state index contributed by atoms with van der Waals surface area (Å²) in [5.41, 5.74) is 1.35. The Bertz CT molecular complexity index is 996. The van der Waals surface area contributed by atoms with Crippen LogP contribution in [0.5, 0.6) is 0 Å². The van der Waals surface area contributed by atoms with Crippen molar-refractivity contribution in [3.63, 3.8) is 0 Å². The zero-order valence-corrected chi connectivity index (χ0v) is 23.4. The van der Waals surface area contributed by atoms with Crippen molar-refractivity contribution >= 4 is 17.9 Å². The smallest absolute Gasteiger partial charge is 0.475 e. The van der Waals surface area contributed by atoms with Crippen molar-refractivity contribution in [1.29, 1.82) is 0 Å². The van der Waals surface area contributed by atoms with Crippen molar-refractivity contribution in [2.75, 3.05) is 46.0 Å². The third kappa shape index (κ3) is 16.1. The number of piperidine rings is 1. The fraction of sp³-hybridized carbons (Fsp3) is 0.680. The van der Waals surface area contributed by atoms with E-state index in [1.807, 2.05) is 12.4 Å². The minimum atomic E-state index is -5.08. The first-order valence-electron chi connectivity index (χ1n) is 13.2. The Balaban J connectivity index is 0.000000396. The molecule has 3 N–H and O–H groups in total. The molecule has 11 nitrogen and oxygen atoms in total. The number of nitrogens with zero attached hydrogens (tertiary/aromatic N) is 3. The number of alkyl halides is 9. The van der Waals surface area contributed by atoms with E-state index in [1.54, 1.807) is 0 Å². The summed E-state index contributed by atoms with van der Waals surface area (Å²) in [6, 6.07) is 4.95. The van der Waals surface area contributed by atoms with E-state index in [1.165, 1.54) is 31.4 Å². The third-order valence-electron chi connectivity index (χ3n) is 6.55. The van der Waals surface area contributed by atoms with Crippen LogP contribution in [0.3, 0.4) is 0 Å². The lowest BCUT2D eigenvalue weighted by molar-refractivity contribution is -0.193. The lowest BCUT2D eigenvalue weighted by atomic mass is 9.91. The normalized spacial score (nSPS) is 21.6. The molecule has 0 bridgehead atoms. The molecule has 0 radical (unpaired) electrons. The Labute approximate surface area is 250 Å². The molecule has 1 aromatic rings. The Morgan fingerprint density at radius 3 is 1.67 bits per heavy atom. The lowest BCUT2D eigenvalue weighted by Crippen LogP contribution is -2.51. The van der Waals surface area contributed by atoms with Gasteiger partial charge in [-0.1, -0.05) is 0 Å². The van der Waals surface area contributed by atoms with Crippen molar-refractivity contribution in [2.24, 2.45) is 5.92 Å². The van der Waals surface area contributed by atoms with Crippen LogP contribution in [0.25, 0.3) is 0 Å². The van der Waals surface area contributed by atoms with Gasteiger partial charge in [0.15, 0.2) is 0 Å². The molecule has 1 aromatic heterocycles. The summed E-state index contributed by atoms with van der Waals surface area (Å²) in [6.07, 6.45) is -7.44. The van der Waals surface area contributed by atoms with Gasteiger partial charge in [0.2, 0.25) is 0 Å². The van der Waals surface area contributed by atoms with Gasteiger partial charge in [-0.15, -0.1) is 0 Å². The summed E-state index contributed by atoms with van der Waals surface area (Å²) < 4.78 is 107. The number of fused-ring (bicyclic) bond motifs is 1. The summed E-state index contributed by atoms with van der Waals surface area (Å²) in [6.45, 7) is 8.25. The van der Waals surface area contributed by atoms with Gasteiger partial charge >= 0.3 is 36.4 Å². The standard InChI is InChI=1S/C19H29N3O2.3C2HF3O2/c1-6-20-7-2-16(1)13-21-9-12-24-19-15-22(8-3-17(19)14-21)18-4-10-23-11-5-18;3*3-2(4,5)1(6)7/h1-2,6-7,17-19H,3-5,8-15H2;3*(H,6,7)/t17-,19-;;;/m1.../s1. The van der Waals surface area contributed by atoms with Gasteiger partial charge in [0.25, 0.3) is 0 Å². The molecule has 0 unspecified atom stereocenters. The highest BCUT2D eigenvalue weighted by Gasteiger charge is 2.40. The molecule has 3 aliphatic rings. The molecule has 3 fully saturated rings. The van der Waals surface area contributed by atoms with Crippen LogP contribution in [0, 0.1) is 5.92 Å². The molecule has 45 heavy (non-hydrogen) atoms. The van der Waals surface area contributed by atoms with Gasteiger partial charge in [0, 0.05) is 63.7 Å². The minimum absolute atomic E-state index is 0.407. The number of aromatic nitrogens is 1. The predicted molar refractivity (Wildman–Crippen MR) is 134 cm³/mol. The molecule has 0 aliphatic carbocycles. The van der Waals surface area contributed by atoms with Crippen LogP contribution in [0.15, 0.2) is 24.5 Å². The average molecular weight is 674 g/mol. The number of pyridine rings is 1. The number of hydrogen-bond donors (Lipinski definition) is 3. The zero-order valence-electron chi connectivity index (χ0n) is 23.4. The van der Waals surface area contributed by atoms with Crippen LogP contribution in [0.4, 0.5) is 39.5 Å². The van der Waals surface area contributed by atoms with E-state index in [9.17, 15) is 39.5 Å². The van der Waals surface area contributed by atoms with Gasteiger partial charge < -0.3 is 24.8 Å². The number of ether oxygens (including phenoxy) is 2. The molecular weight excluding hydrogens is 641 g/mol. The van der Waals surface area contributed by atoms with Crippen molar-refractivity contribution in [2.45, 2.75) is 56.5 Å². The summed E-state index contributed by atoms with van der Waals surface area (Å²) in [5, 5.41) is 21.4. The van der Waals surface area contributed by atoms with E-state index >= 15 is 0 Å². The van der Waals surface area contributed by atoms with Crippen molar-refractivity contribution < 1.29 is 78.7 Å². The van der Waals surface area contributed by atoms with E-state index in [4.69, 9.17) is 39.2 Å². The van der Waals surface area contributed by atoms with Gasteiger partial charge in [0.05, 0.1) is 12.7 Å². The number of aliphatic carboxylic acids is 3. The fourth-order valence-electron chi connectivity index (χ4n) is 4.41. The van der Waals surface area contributed by atoms with Gasteiger partial charge in [-0.05, 0) is 43.5 Å². The second-order valence-corrected chi connectivity index (χ2v) is 9.80. The van der Waals surface area contributed by atoms with Gasteiger partial charge in [-0.2, -0.15) is 39.5 Å². The average Bonchev–Trinajstić information content (AvgIpc) is 3.14. The molecule has 20 heteroatoms. The first-order valence-corrected chi connectivity index (χ1v) is 13.2. The molecule has 4 rings (SSSR count). The zero-order chi connectivity index (χ0) is 34.4. The highest BCUT2D eigenvalue weighted by atomic mass is 19.4. The molecule has 0 aromatic carbocycles. The van der Waals surface area contributed by atoms with Gasteiger partial charge in [-0.25, -0.2) is 14.4 Å². The largest absolute Gasteiger partial charge is 0.490 e. The predicted octanol–water partition coefficient (Wildman–Crippen LogP) is 3.68. The molecular formula is C25H32F9N3O8. The fourth-order valence-corrected chi connectivity index (χ4v) is 4.41. The van der Waals surface area contributed by atoms with E-state index < -0.39 is 36.4 Å². The molecule has 2 atom stereocenters. The number of carbonyl (C=O) groups is 3. The number of halogens is 9. The Morgan fingerprint density at radius 2 is 1.22 bits per heavy atom. The van der Waals surface area contributed by atoms with Crippen molar-refractivity contribution in [3.05, 3.63) is 30.1 Å². The van der Waals surface area contributed by atoms with Crippen molar-refractivity contribution in [3.8, 4) is 0 Å². The van der Waals surface area contributed by atoms with Crippen molar-refractivity contribution in [1.82, 2.24) is 14.8 Å². The second-order valence-electron chi connectivity index (χ2n) is 9.80. The number of carboxylic acid groups (broad SMARTS) is 3. The molecule has 0 saturated carbocycles. The molecule has 3 aliphatic heterocycles. The maximum Gasteiger partial charge on any atom is 0.490 e. The summed E-state index contributed by atoms with van der Waals surface area (Å²) in [5.74, 6) is -7.60. The number of hydrogen-bond acceptors (Lipinski definition) is 8. The number of carboxylic acids is 3.